The highest BCUT2D eigenvalue weighted by atomic mass is 79.9. The molecule has 15 heavy (non-hydrogen) atoms. The third-order valence-electron chi connectivity index (χ3n) is 2.09. The summed E-state index contributed by atoms with van der Waals surface area (Å²) < 4.78 is 9.77. The number of hydrogen-bond donors (Lipinski definition) is 0. The number of benzene rings is 1. The monoisotopic (exact) mass is 272 g/mol. The maximum atomic E-state index is 11.5. The Balaban J connectivity index is 3.22. The van der Waals surface area contributed by atoms with Crippen LogP contribution >= 0.6 is 15.9 Å². The summed E-state index contributed by atoms with van der Waals surface area (Å²) in [6, 6.07) is 5.35. The molecule has 0 fully saturated rings. The summed E-state index contributed by atoms with van der Waals surface area (Å²) in [7, 11) is 2.93. The lowest BCUT2D eigenvalue weighted by Crippen LogP contribution is -2.06. The molecule has 0 aliphatic carbocycles. The van der Waals surface area contributed by atoms with E-state index < -0.39 is 0 Å². The molecule has 1 aromatic rings. The van der Waals surface area contributed by atoms with E-state index in [-0.39, 0.29) is 10.8 Å². The maximum Gasteiger partial charge on any atom is 0.338 e. The lowest BCUT2D eigenvalue weighted by molar-refractivity contribution is 0.0599. The first-order chi connectivity index (χ1) is 7.10. The molecule has 3 nitrogen and oxygen atoms in total. The molecular weight excluding hydrogens is 260 g/mol. The molecule has 82 valence electrons. The standard InChI is InChI=1S/C11H13BrO3/c1-7(12)9-5-4-8(14-2)6-10(9)11(13)15-3/h4-7H,1-3H3. The van der Waals surface area contributed by atoms with Gasteiger partial charge in [-0.05, 0) is 24.6 Å². The number of carbonyl (C=O) groups excluding carboxylic acids is 1. The van der Waals surface area contributed by atoms with Crippen molar-refractivity contribution in [3.05, 3.63) is 29.3 Å². The van der Waals surface area contributed by atoms with E-state index in [1.807, 2.05) is 19.1 Å². The minimum atomic E-state index is -0.352. The average Bonchev–Trinajstić information content (AvgIpc) is 2.26. The zero-order chi connectivity index (χ0) is 11.4. The molecule has 0 amide bonds. The van der Waals surface area contributed by atoms with E-state index in [1.165, 1.54) is 7.11 Å². The fraction of sp³-hybridized carbons (Fsp3) is 0.364. The van der Waals surface area contributed by atoms with Crippen LogP contribution in [0, 0.1) is 0 Å². The summed E-state index contributed by atoms with van der Waals surface area (Å²) in [6.07, 6.45) is 0. The first kappa shape index (κ1) is 12.0. The number of ether oxygens (including phenoxy) is 2. The second kappa shape index (κ2) is 5.16. The van der Waals surface area contributed by atoms with Crippen LogP contribution < -0.4 is 4.74 Å². The Bertz CT molecular complexity index is 361. The van der Waals surface area contributed by atoms with Gasteiger partial charge >= 0.3 is 5.97 Å². The van der Waals surface area contributed by atoms with Crippen molar-refractivity contribution in [3.63, 3.8) is 0 Å². The molecule has 0 saturated carbocycles. The third-order valence-corrected chi connectivity index (χ3v) is 2.59. The van der Waals surface area contributed by atoms with Gasteiger partial charge in [-0.2, -0.15) is 0 Å². The van der Waals surface area contributed by atoms with Crippen LogP contribution in [-0.2, 0) is 4.74 Å². The van der Waals surface area contributed by atoms with E-state index in [9.17, 15) is 4.79 Å². The summed E-state index contributed by atoms with van der Waals surface area (Å²) in [5.41, 5.74) is 1.42. The lowest BCUT2D eigenvalue weighted by Gasteiger charge is -2.11. The highest BCUT2D eigenvalue weighted by Crippen LogP contribution is 2.28. The van der Waals surface area contributed by atoms with Gasteiger partial charge in [-0.15, -0.1) is 0 Å². The Kier molecular flexibility index (Phi) is 4.15. The molecule has 1 atom stereocenters. The van der Waals surface area contributed by atoms with E-state index in [0.29, 0.717) is 11.3 Å². The van der Waals surface area contributed by atoms with E-state index >= 15 is 0 Å². The number of esters is 1. The second-order valence-electron chi connectivity index (χ2n) is 3.06. The Labute approximate surface area is 97.5 Å². The predicted molar refractivity (Wildman–Crippen MR) is 61.7 cm³/mol. The van der Waals surface area contributed by atoms with Gasteiger partial charge in [-0.25, -0.2) is 4.79 Å². The van der Waals surface area contributed by atoms with Gasteiger partial charge in [0.2, 0.25) is 0 Å². The molecule has 0 heterocycles. The largest absolute Gasteiger partial charge is 0.497 e. The van der Waals surface area contributed by atoms with Crippen LogP contribution in [0.1, 0.15) is 27.7 Å². The zero-order valence-corrected chi connectivity index (χ0v) is 10.5. The number of carbonyl (C=O) groups is 1. The smallest absolute Gasteiger partial charge is 0.338 e. The minimum absolute atomic E-state index is 0.0949. The van der Waals surface area contributed by atoms with E-state index in [2.05, 4.69) is 15.9 Å². The van der Waals surface area contributed by atoms with Crippen molar-refractivity contribution in [3.8, 4) is 5.75 Å². The Morgan fingerprint density at radius 2 is 2.07 bits per heavy atom. The molecule has 0 bridgehead atoms. The van der Waals surface area contributed by atoms with Crippen LogP contribution in [0.2, 0.25) is 0 Å². The first-order valence-corrected chi connectivity index (χ1v) is 5.42. The van der Waals surface area contributed by atoms with Crippen molar-refractivity contribution in [2.24, 2.45) is 0 Å². The quantitative estimate of drug-likeness (QED) is 0.627. The molecule has 0 radical (unpaired) electrons. The SMILES string of the molecule is COC(=O)c1cc(OC)ccc1C(C)Br. The summed E-state index contributed by atoms with van der Waals surface area (Å²) in [5, 5.41) is 0. The Morgan fingerprint density at radius 1 is 1.40 bits per heavy atom. The van der Waals surface area contributed by atoms with Crippen molar-refractivity contribution < 1.29 is 14.3 Å². The molecule has 0 saturated heterocycles. The number of halogens is 1. The molecule has 1 unspecified atom stereocenters. The summed E-state index contributed by atoms with van der Waals surface area (Å²) >= 11 is 3.43. The molecule has 0 aromatic heterocycles. The highest BCUT2D eigenvalue weighted by molar-refractivity contribution is 9.09. The van der Waals surface area contributed by atoms with Crippen LogP contribution in [0.4, 0.5) is 0 Å². The molecule has 0 N–H and O–H groups in total. The molecule has 1 rings (SSSR count). The molecule has 1 aromatic carbocycles. The first-order valence-electron chi connectivity index (χ1n) is 4.50. The van der Waals surface area contributed by atoms with Crippen molar-refractivity contribution >= 4 is 21.9 Å². The van der Waals surface area contributed by atoms with Crippen molar-refractivity contribution in [2.75, 3.05) is 14.2 Å². The van der Waals surface area contributed by atoms with Crippen LogP contribution in [-0.4, -0.2) is 20.2 Å². The minimum Gasteiger partial charge on any atom is -0.497 e. The molecule has 0 aliphatic rings. The Morgan fingerprint density at radius 3 is 2.53 bits per heavy atom. The van der Waals surface area contributed by atoms with Crippen LogP contribution in [0.3, 0.4) is 0 Å². The van der Waals surface area contributed by atoms with Crippen LogP contribution in [0.25, 0.3) is 0 Å². The van der Waals surface area contributed by atoms with Crippen molar-refractivity contribution in [2.45, 2.75) is 11.8 Å². The van der Waals surface area contributed by atoms with E-state index in [4.69, 9.17) is 9.47 Å². The molecule has 4 heteroatoms. The molecule has 0 aliphatic heterocycles. The average molecular weight is 273 g/mol. The number of rotatable bonds is 3. The number of methoxy groups -OCH3 is 2. The highest BCUT2D eigenvalue weighted by Gasteiger charge is 2.15. The topological polar surface area (TPSA) is 35.5 Å². The van der Waals surface area contributed by atoms with Gasteiger partial charge < -0.3 is 9.47 Å². The lowest BCUT2D eigenvalue weighted by atomic mass is 10.0. The van der Waals surface area contributed by atoms with Gasteiger partial charge in [0, 0.05) is 4.83 Å². The Hall–Kier alpha value is -1.03. The summed E-state index contributed by atoms with van der Waals surface area (Å²) in [4.78, 5) is 11.6. The van der Waals surface area contributed by atoms with E-state index in [1.54, 1.807) is 13.2 Å². The molecular formula is C11H13BrO3. The van der Waals surface area contributed by atoms with Gasteiger partial charge in [0.05, 0.1) is 19.8 Å². The number of alkyl halides is 1. The van der Waals surface area contributed by atoms with E-state index in [0.717, 1.165) is 5.56 Å². The summed E-state index contributed by atoms with van der Waals surface area (Å²) in [6.45, 7) is 1.95. The van der Waals surface area contributed by atoms with Gasteiger partial charge in [-0.3, -0.25) is 0 Å². The zero-order valence-electron chi connectivity index (χ0n) is 8.91. The maximum absolute atomic E-state index is 11.5. The van der Waals surface area contributed by atoms with Crippen molar-refractivity contribution in [1.82, 2.24) is 0 Å². The number of hydrogen-bond acceptors (Lipinski definition) is 3. The van der Waals surface area contributed by atoms with Gasteiger partial charge in [0.15, 0.2) is 0 Å². The van der Waals surface area contributed by atoms with Crippen LogP contribution in [0.15, 0.2) is 18.2 Å². The van der Waals surface area contributed by atoms with Gasteiger partial charge in [-0.1, -0.05) is 22.0 Å². The predicted octanol–water partition coefficient (Wildman–Crippen LogP) is 2.94. The fourth-order valence-electron chi connectivity index (χ4n) is 1.30. The summed E-state index contributed by atoms with van der Waals surface area (Å²) in [5.74, 6) is 0.294. The fourth-order valence-corrected chi connectivity index (χ4v) is 1.70. The molecule has 0 spiro atoms. The van der Waals surface area contributed by atoms with Crippen LogP contribution in [0.5, 0.6) is 5.75 Å². The normalized spacial score (nSPS) is 12.0. The second-order valence-corrected chi connectivity index (χ2v) is 4.43. The van der Waals surface area contributed by atoms with Gasteiger partial charge in [0.25, 0.3) is 0 Å². The van der Waals surface area contributed by atoms with Crippen molar-refractivity contribution in [1.29, 1.82) is 0 Å². The van der Waals surface area contributed by atoms with Gasteiger partial charge in [0.1, 0.15) is 5.75 Å². The third kappa shape index (κ3) is 2.72.